The van der Waals surface area contributed by atoms with E-state index >= 15 is 0 Å². The van der Waals surface area contributed by atoms with Crippen molar-refractivity contribution in [3.05, 3.63) is 0 Å². The van der Waals surface area contributed by atoms with Gasteiger partial charge in [0.1, 0.15) is 0 Å². The van der Waals surface area contributed by atoms with Crippen LogP contribution in [0.2, 0.25) is 0 Å². The third kappa shape index (κ3) is 6580. The molecule has 0 amide bonds. The molecule has 0 unspecified atom stereocenters. The van der Waals surface area contributed by atoms with E-state index in [1.165, 1.54) is 0 Å². The van der Waals surface area contributed by atoms with E-state index in [1.807, 2.05) is 0 Å². The summed E-state index contributed by atoms with van der Waals surface area (Å²) in [6, 6.07) is 0. The molecule has 0 aliphatic rings. The summed E-state index contributed by atoms with van der Waals surface area (Å²) in [6.07, 6.45) is 0. The van der Waals surface area contributed by atoms with Gasteiger partial charge < -0.3 is 31.1 Å². The van der Waals surface area contributed by atoms with Crippen LogP contribution in [0, 0.1) is 0 Å². The summed E-state index contributed by atoms with van der Waals surface area (Å²) in [7, 11) is -4.64. The van der Waals surface area contributed by atoms with Gasteiger partial charge in [-0.1, -0.05) is 0 Å². The van der Waals surface area contributed by atoms with Gasteiger partial charge in [-0.2, -0.15) is 0 Å². The van der Waals surface area contributed by atoms with Gasteiger partial charge in [0, 0.05) is 17.4 Å². The van der Waals surface area contributed by atoms with E-state index in [2.05, 4.69) is 0 Å². The van der Waals surface area contributed by atoms with E-state index in [0.29, 0.717) is 0 Å². The second-order valence-electron chi connectivity index (χ2n) is 0.717. The minimum absolute atomic E-state index is 0. The zero-order valence-corrected chi connectivity index (χ0v) is 9.23. The fourth-order valence-electron chi connectivity index (χ4n) is 0. The van der Waals surface area contributed by atoms with E-state index < -0.39 is 21.8 Å². The van der Waals surface area contributed by atoms with Crippen LogP contribution in [0.1, 0.15) is 0 Å². The molecule has 0 atom stereocenters. The van der Waals surface area contributed by atoms with Crippen molar-refractivity contribution in [2.75, 3.05) is 0 Å². The molecule has 0 aliphatic heterocycles. The fraction of sp³-hybridized carbons (Fsp3) is 0. The van der Waals surface area contributed by atoms with E-state index in [9.17, 15) is 0 Å². The average Bonchev–Trinajstić information content (AvgIpc) is 1.19. The van der Waals surface area contributed by atoms with Gasteiger partial charge in [-0.05, 0) is 0 Å². The Labute approximate surface area is 86.5 Å². The second kappa shape index (κ2) is 18.3. The molecule has 0 aromatic heterocycles. The van der Waals surface area contributed by atoms with Gasteiger partial charge in [0.05, 0.1) is 0 Å². The number of phosphoric acid groups is 1. The fourth-order valence-corrected chi connectivity index (χ4v) is 0. The number of rotatable bonds is 0. The quantitative estimate of drug-likeness (QED) is 0.292. The molecule has 0 aromatic carbocycles. The Hall–Kier alpha value is 0.455. The summed E-state index contributed by atoms with van der Waals surface area (Å²) in [6.45, 7) is 0. The molecule has 0 heterocycles. The Balaban J connectivity index is -0.0000000146. The summed E-state index contributed by atoms with van der Waals surface area (Å²) >= 11 is -3.79. The summed E-state index contributed by atoms with van der Waals surface area (Å²) < 4.78 is 34.5. The van der Waals surface area contributed by atoms with Crippen LogP contribution in [0.3, 0.4) is 0 Å². The predicted molar refractivity (Wildman–Crippen MR) is 32.9 cm³/mol. The third-order valence-electron chi connectivity index (χ3n) is 0. The molecule has 83 valence electrons. The van der Waals surface area contributed by atoms with E-state index in [-0.39, 0.29) is 33.8 Å². The molecule has 0 fully saturated rings. The Bertz CT molecular complexity index is 179. The van der Waals surface area contributed by atoms with Crippen LogP contribution in [-0.4, -0.2) is 48.5 Å². The Morgan fingerprint density at radius 2 is 0.846 bits per heavy atom. The van der Waals surface area contributed by atoms with E-state index in [0.717, 1.165) is 0 Å². The first-order valence-electron chi connectivity index (χ1n) is 1.28. The minimum atomic E-state index is -4.64. The van der Waals surface area contributed by atoms with Gasteiger partial charge in [-0.3, -0.25) is 0 Å². The zero-order valence-electron chi connectivity index (χ0n) is 5.91. The topological polar surface area (TPSA) is 223 Å². The molecular weight excluding hydrogens is 270 g/mol. The molecule has 0 saturated heterocycles. The van der Waals surface area contributed by atoms with Crippen molar-refractivity contribution >= 4 is 25.2 Å². The van der Waals surface area contributed by atoms with Gasteiger partial charge in [-0.25, -0.2) is 4.57 Å². The molecule has 0 aromatic rings. The number of hydrogen-bond donors (Lipinski definition) is 3. The Morgan fingerprint density at radius 1 is 0.846 bits per heavy atom. The molecule has 0 spiro atoms. The normalized spacial score (nSPS) is 6.38. The third-order valence-corrected chi connectivity index (χ3v) is 0. The predicted octanol–water partition coefficient (Wildman–Crippen LogP) is -4.14. The van der Waals surface area contributed by atoms with Gasteiger partial charge in [0.25, 0.3) is 0 Å². The van der Waals surface area contributed by atoms with Crippen LogP contribution in [0.4, 0.5) is 0 Å². The standard InChI is InChI=1S/Al.Cr.H3O4P.3H2O.3O/c;;1-5(2,3)4;;;;;;/h;;(H3,1,2,3,4);3*1H2;;;. The van der Waals surface area contributed by atoms with Crippen molar-refractivity contribution < 1.29 is 61.0 Å². The maximum absolute atomic E-state index is 8.88. The molecule has 9 N–H and O–H groups in total. The molecule has 0 rings (SSSR count). The number of hydrogen-bond acceptors (Lipinski definition) is 4. The molecule has 13 heavy (non-hydrogen) atoms. The van der Waals surface area contributed by atoms with E-state index in [1.54, 1.807) is 0 Å². The Morgan fingerprint density at radius 3 is 0.846 bits per heavy atom. The van der Waals surface area contributed by atoms with Crippen LogP contribution in [0.25, 0.3) is 0 Å². The SMILES string of the molecule is O.O.O.O=P(O)(O)O.[Al].[O]=[Cr](=[O])=[O]. The molecular formula is H9AlCrO10P. The molecule has 10 nitrogen and oxygen atoms in total. The average molecular weight is 279 g/mol. The molecule has 13 heteroatoms. The summed E-state index contributed by atoms with van der Waals surface area (Å²) in [5, 5.41) is 0. The van der Waals surface area contributed by atoms with Crippen molar-refractivity contribution in [2.24, 2.45) is 0 Å². The summed E-state index contributed by atoms with van der Waals surface area (Å²) in [5.74, 6) is 0. The molecule has 0 aliphatic carbocycles. The second-order valence-corrected chi connectivity index (χ2v) is 2.38. The maximum atomic E-state index is 8.88. The van der Waals surface area contributed by atoms with Crippen molar-refractivity contribution in [1.29, 1.82) is 0 Å². The van der Waals surface area contributed by atoms with Crippen molar-refractivity contribution in [2.45, 2.75) is 0 Å². The summed E-state index contributed by atoms with van der Waals surface area (Å²) in [4.78, 5) is 21.6. The Kier molecular flexibility index (Phi) is 52.8. The molecule has 3 radical (unpaired) electrons. The first-order chi connectivity index (χ1) is 3.73. The van der Waals surface area contributed by atoms with Gasteiger partial charge in [0.2, 0.25) is 0 Å². The van der Waals surface area contributed by atoms with Gasteiger partial charge >= 0.3 is 33.2 Å². The van der Waals surface area contributed by atoms with Gasteiger partial charge in [0.15, 0.2) is 0 Å². The van der Waals surface area contributed by atoms with Crippen LogP contribution in [0.15, 0.2) is 0 Å². The first-order valence-corrected chi connectivity index (χ1v) is 4.41. The summed E-state index contributed by atoms with van der Waals surface area (Å²) in [5.41, 5.74) is 0. The van der Waals surface area contributed by atoms with Crippen LogP contribution >= 0.6 is 7.82 Å². The van der Waals surface area contributed by atoms with Crippen LogP contribution in [0.5, 0.6) is 0 Å². The van der Waals surface area contributed by atoms with E-state index in [4.69, 9.17) is 30.7 Å². The van der Waals surface area contributed by atoms with Crippen molar-refractivity contribution in [3.63, 3.8) is 0 Å². The zero-order chi connectivity index (χ0) is 8.08. The van der Waals surface area contributed by atoms with Crippen molar-refractivity contribution in [3.8, 4) is 0 Å². The van der Waals surface area contributed by atoms with Crippen LogP contribution in [-0.2, 0) is 29.9 Å². The molecule has 0 saturated carbocycles. The monoisotopic (exact) mass is 279 g/mol. The molecule has 0 bridgehead atoms. The van der Waals surface area contributed by atoms with Crippen LogP contribution < -0.4 is 0 Å². The first kappa shape index (κ1) is 37.6. The van der Waals surface area contributed by atoms with Crippen molar-refractivity contribution in [1.82, 2.24) is 0 Å². The van der Waals surface area contributed by atoms with Gasteiger partial charge in [-0.15, -0.1) is 0 Å².